The van der Waals surface area contributed by atoms with Crippen LogP contribution in [0.25, 0.3) is 0 Å². The van der Waals surface area contributed by atoms with Crippen molar-refractivity contribution in [3.63, 3.8) is 0 Å². The summed E-state index contributed by atoms with van der Waals surface area (Å²) in [5, 5.41) is 3.71. The molecule has 0 aromatic rings. The molecule has 2 rings (SSSR count). The third kappa shape index (κ3) is 5.16. The van der Waals surface area contributed by atoms with Gasteiger partial charge in [0.2, 0.25) is 0 Å². The van der Waals surface area contributed by atoms with E-state index < -0.39 is 0 Å². The summed E-state index contributed by atoms with van der Waals surface area (Å²) >= 11 is 2.11. The summed E-state index contributed by atoms with van der Waals surface area (Å²) in [5.74, 6) is 2.70. The molecule has 1 atom stereocenters. The van der Waals surface area contributed by atoms with Gasteiger partial charge < -0.3 is 15.1 Å². The Morgan fingerprint density at radius 1 is 1.24 bits per heavy atom. The molecule has 0 spiro atoms. The van der Waals surface area contributed by atoms with Gasteiger partial charge in [0.05, 0.1) is 0 Å². The van der Waals surface area contributed by atoms with E-state index in [0.717, 1.165) is 6.04 Å². The van der Waals surface area contributed by atoms with Crippen LogP contribution in [0, 0.1) is 0 Å². The Kier molecular flexibility index (Phi) is 6.12. The van der Waals surface area contributed by atoms with Gasteiger partial charge in [0.25, 0.3) is 0 Å². The Hall–Kier alpha value is 0.230. The third-order valence-corrected chi connectivity index (χ3v) is 5.06. The zero-order chi connectivity index (χ0) is 11.9. The molecule has 1 N–H and O–H groups in total. The van der Waals surface area contributed by atoms with Gasteiger partial charge in [-0.2, -0.15) is 11.8 Å². The normalized spacial score (nSPS) is 28.4. The van der Waals surface area contributed by atoms with Crippen molar-refractivity contribution in [2.24, 2.45) is 0 Å². The summed E-state index contributed by atoms with van der Waals surface area (Å²) in [6.07, 6.45) is 4.10. The zero-order valence-corrected chi connectivity index (χ0v) is 12.0. The molecule has 2 fully saturated rings. The van der Waals surface area contributed by atoms with Crippen molar-refractivity contribution < 1.29 is 0 Å². The average Bonchev–Trinajstić information content (AvgIpc) is 2.38. The summed E-state index contributed by atoms with van der Waals surface area (Å²) in [4.78, 5) is 5.03. The Bertz CT molecular complexity index is 199. The van der Waals surface area contributed by atoms with Crippen molar-refractivity contribution in [3.8, 4) is 0 Å². The molecule has 3 nitrogen and oxygen atoms in total. The SMILES string of the molecule is CN1CCN(CCCNC2CCCSC2)CC1. The second-order valence-electron chi connectivity index (χ2n) is 5.37. The van der Waals surface area contributed by atoms with Gasteiger partial charge in [-0.15, -0.1) is 0 Å². The third-order valence-electron chi connectivity index (χ3n) is 3.84. The molecule has 0 saturated carbocycles. The van der Waals surface area contributed by atoms with Gasteiger partial charge in [0, 0.05) is 38.0 Å². The van der Waals surface area contributed by atoms with Crippen LogP contribution >= 0.6 is 11.8 Å². The fraction of sp³-hybridized carbons (Fsp3) is 1.00. The molecule has 17 heavy (non-hydrogen) atoms. The average molecular weight is 257 g/mol. The van der Waals surface area contributed by atoms with Crippen LogP contribution in [0.4, 0.5) is 0 Å². The summed E-state index contributed by atoms with van der Waals surface area (Å²) in [5.41, 5.74) is 0. The Labute approximate surface area is 110 Å². The van der Waals surface area contributed by atoms with Crippen LogP contribution in [0.2, 0.25) is 0 Å². The molecule has 0 aromatic carbocycles. The molecular weight excluding hydrogens is 230 g/mol. The van der Waals surface area contributed by atoms with Crippen molar-refractivity contribution >= 4 is 11.8 Å². The number of rotatable bonds is 5. The number of hydrogen-bond acceptors (Lipinski definition) is 4. The molecule has 0 aromatic heterocycles. The lowest BCUT2D eigenvalue weighted by molar-refractivity contribution is 0.152. The number of nitrogens with one attached hydrogen (secondary N) is 1. The minimum Gasteiger partial charge on any atom is -0.313 e. The lowest BCUT2D eigenvalue weighted by Gasteiger charge is -2.32. The first kappa shape index (κ1) is 13.7. The first-order valence-electron chi connectivity index (χ1n) is 7.06. The standard InChI is InChI=1S/C13H27N3S/c1-15-7-9-16(10-8-15)6-3-5-14-13-4-2-11-17-12-13/h13-14H,2-12H2,1H3. The maximum absolute atomic E-state index is 3.71. The van der Waals surface area contributed by atoms with Crippen molar-refractivity contribution in [2.45, 2.75) is 25.3 Å². The van der Waals surface area contributed by atoms with Gasteiger partial charge >= 0.3 is 0 Å². The van der Waals surface area contributed by atoms with Crippen molar-refractivity contribution in [1.29, 1.82) is 0 Å². The molecule has 100 valence electrons. The number of likely N-dealkylation sites (N-methyl/N-ethyl adjacent to an activating group) is 1. The number of piperazine rings is 1. The van der Waals surface area contributed by atoms with Crippen LogP contribution in [0.1, 0.15) is 19.3 Å². The van der Waals surface area contributed by atoms with E-state index >= 15 is 0 Å². The van der Waals surface area contributed by atoms with Crippen LogP contribution in [-0.2, 0) is 0 Å². The van der Waals surface area contributed by atoms with Crippen molar-refractivity contribution in [3.05, 3.63) is 0 Å². The maximum atomic E-state index is 3.71. The number of hydrogen-bond donors (Lipinski definition) is 1. The highest BCUT2D eigenvalue weighted by atomic mass is 32.2. The predicted molar refractivity (Wildman–Crippen MR) is 76.9 cm³/mol. The van der Waals surface area contributed by atoms with E-state index in [2.05, 4.69) is 33.9 Å². The molecule has 2 heterocycles. The van der Waals surface area contributed by atoms with Gasteiger partial charge in [-0.25, -0.2) is 0 Å². The molecule has 2 aliphatic rings. The lowest BCUT2D eigenvalue weighted by Crippen LogP contribution is -2.45. The van der Waals surface area contributed by atoms with Gasteiger partial charge in [-0.05, 0) is 45.2 Å². The second-order valence-corrected chi connectivity index (χ2v) is 6.52. The highest BCUT2D eigenvalue weighted by Crippen LogP contribution is 2.16. The first-order valence-corrected chi connectivity index (χ1v) is 8.22. The summed E-state index contributed by atoms with van der Waals surface area (Å²) in [6.45, 7) is 7.49. The van der Waals surface area contributed by atoms with Gasteiger partial charge in [-0.3, -0.25) is 0 Å². The molecule has 2 aliphatic heterocycles. The minimum absolute atomic E-state index is 0.793. The first-order chi connectivity index (χ1) is 8.34. The van der Waals surface area contributed by atoms with Crippen LogP contribution in [0.5, 0.6) is 0 Å². The lowest BCUT2D eigenvalue weighted by atomic mass is 10.2. The van der Waals surface area contributed by atoms with E-state index in [0.29, 0.717) is 0 Å². The molecule has 0 amide bonds. The molecule has 2 saturated heterocycles. The van der Waals surface area contributed by atoms with Crippen LogP contribution in [0.3, 0.4) is 0 Å². The molecule has 0 bridgehead atoms. The number of nitrogens with zero attached hydrogens (tertiary/aromatic N) is 2. The van der Waals surface area contributed by atoms with E-state index in [1.165, 1.54) is 70.0 Å². The molecular formula is C13H27N3S. The van der Waals surface area contributed by atoms with Crippen LogP contribution < -0.4 is 5.32 Å². The highest BCUT2D eigenvalue weighted by molar-refractivity contribution is 7.99. The Balaban J connectivity index is 1.48. The number of thioether (sulfide) groups is 1. The van der Waals surface area contributed by atoms with Gasteiger partial charge in [0.1, 0.15) is 0 Å². The van der Waals surface area contributed by atoms with E-state index in [1.54, 1.807) is 0 Å². The smallest absolute Gasteiger partial charge is 0.0158 e. The van der Waals surface area contributed by atoms with Gasteiger partial charge in [0.15, 0.2) is 0 Å². The minimum atomic E-state index is 0.793. The van der Waals surface area contributed by atoms with Crippen LogP contribution in [0.15, 0.2) is 0 Å². The quantitative estimate of drug-likeness (QED) is 0.743. The van der Waals surface area contributed by atoms with Gasteiger partial charge in [-0.1, -0.05) is 0 Å². The Morgan fingerprint density at radius 2 is 2.06 bits per heavy atom. The highest BCUT2D eigenvalue weighted by Gasteiger charge is 2.14. The second kappa shape index (κ2) is 7.62. The molecule has 1 unspecified atom stereocenters. The van der Waals surface area contributed by atoms with E-state index in [-0.39, 0.29) is 0 Å². The topological polar surface area (TPSA) is 18.5 Å². The fourth-order valence-electron chi connectivity index (χ4n) is 2.58. The molecule has 0 aliphatic carbocycles. The van der Waals surface area contributed by atoms with E-state index in [4.69, 9.17) is 0 Å². The summed E-state index contributed by atoms with van der Waals surface area (Å²) in [7, 11) is 2.22. The molecule has 4 heteroatoms. The van der Waals surface area contributed by atoms with Crippen LogP contribution in [-0.4, -0.2) is 73.7 Å². The monoisotopic (exact) mass is 257 g/mol. The fourth-order valence-corrected chi connectivity index (χ4v) is 3.69. The largest absolute Gasteiger partial charge is 0.313 e. The van der Waals surface area contributed by atoms with Crippen molar-refractivity contribution in [1.82, 2.24) is 15.1 Å². The maximum Gasteiger partial charge on any atom is 0.0158 e. The zero-order valence-electron chi connectivity index (χ0n) is 11.2. The Morgan fingerprint density at radius 3 is 2.76 bits per heavy atom. The van der Waals surface area contributed by atoms with E-state index in [1.807, 2.05) is 0 Å². The summed E-state index contributed by atoms with van der Waals surface area (Å²) < 4.78 is 0. The molecule has 0 radical (unpaired) electrons. The van der Waals surface area contributed by atoms with E-state index in [9.17, 15) is 0 Å². The predicted octanol–water partition coefficient (Wildman–Crippen LogP) is 1.11. The summed E-state index contributed by atoms with van der Waals surface area (Å²) in [6, 6.07) is 0.793. The van der Waals surface area contributed by atoms with Crippen molar-refractivity contribution in [2.75, 3.05) is 57.8 Å².